The molecule has 1 aliphatic carbocycles. The third kappa shape index (κ3) is 4.06. The molecule has 1 aromatic heterocycles. The first-order valence-corrected chi connectivity index (χ1v) is 10.4. The standard InChI is InChI=1S/C23H26N4O3/c1-14-5-8-20(17-7-6-15-3-2-4-16(15)9-17)27(13-14)23(30)22(29)26-19-10-18(21(24)28)11-25-12-19/h6-7,9-12,14,20H,2-5,8,13H2,1H3,(H2,24,28)(H,26,29)/t14-,20+/m1/s1. The molecule has 0 saturated carbocycles. The number of amides is 3. The van der Waals surface area contributed by atoms with E-state index in [1.165, 1.54) is 36.0 Å². The summed E-state index contributed by atoms with van der Waals surface area (Å²) < 4.78 is 0. The first-order valence-electron chi connectivity index (χ1n) is 10.4. The van der Waals surface area contributed by atoms with Crippen molar-refractivity contribution >= 4 is 23.4 Å². The van der Waals surface area contributed by atoms with Crippen LogP contribution in [0.4, 0.5) is 5.69 Å². The van der Waals surface area contributed by atoms with Crippen LogP contribution < -0.4 is 11.1 Å². The molecule has 0 unspecified atom stereocenters. The van der Waals surface area contributed by atoms with Gasteiger partial charge in [-0.3, -0.25) is 19.4 Å². The Morgan fingerprint density at radius 1 is 1.10 bits per heavy atom. The summed E-state index contributed by atoms with van der Waals surface area (Å²) in [6.45, 7) is 2.63. The lowest BCUT2D eigenvalue weighted by Crippen LogP contribution is -2.46. The van der Waals surface area contributed by atoms with E-state index in [0.717, 1.165) is 31.2 Å². The molecule has 3 N–H and O–H groups in total. The molecule has 30 heavy (non-hydrogen) atoms. The summed E-state index contributed by atoms with van der Waals surface area (Å²) >= 11 is 0. The first-order chi connectivity index (χ1) is 14.4. The number of nitrogens with two attached hydrogens (primary N) is 1. The maximum Gasteiger partial charge on any atom is 0.313 e. The fourth-order valence-corrected chi connectivity index (χ4v) is 4.48. The average Bonchev–Trinajstić information content (AvgIpc) is 3.21. The van der Waals surface area contributed by atoms with Crippen molar-refractivity contribution in [3.05, 3.63) is 58.9 Å². The van der Waals surface area contributed by atoms with Crippen LogP contribution in [0.5, 0.6) is 0 Å². The van der Waals surface area contributed by atoms with E-state index in [0.29, 0.717) is 12.5 Å². The minimum Gasteiger partial charge on any atom is -0.366 e. The number of aryl methyl sites for hydroxylation is 2. The van der Waals surface area contributed by atoms with Gasteiger partial charge in [-0.25, -0.2) is 0 Å². The Morgan fingerprint density at radius 2 is 1.90 bits per heavy atom. The van der Waals surface area contributed by atoms with Gasteiger partial charge < -0.3 is 16.0 Å². The fourth-order valence-electron chi connectivity index (χ4n) is 4.48. The van der Waals surface area contributed by atoms with Crippen molar-refractivity contribution in [2.24, 2.45) is 11.7 Å². The van der Waals surface area contributed by atoms with Crippen molar-refractivity contribution in [3.8, 4) is 0 Å². The van der Waals surface area contributed by atoms with Gasteiger partial charge >= 0.3 is 11.8 Å². The van der Waals surface area contributed by atoms with E-state index < -0.39 is 17.7 Å². The van der Waals surface area contributed by atoms with Crippen molar-refractivity contribution in [1.82, 2.24) is 9.88 Å². The van der Waals surface area contributed by atoms with Crippen LogP contribution in [0.3, 0.4) is 0 Å². The van der Waals surface area contributed by atoms with Gasteiger partial charge in [-0.15, -0.1) is 0 Å². The van der Waals surface area contributed by atoms with Crippen molar-refractivity contribution in [3.63, 3.8) is 0 Å². The Labute approximate surface area is 175 Å². The van der Waals surface area contributed by atoms with Crippen molar-refractivity contribution in [2.45, 2.75) is 45.1 Å². The maximum absolute atomic E-state index is 13.1. The van der Waals surface area contributed by atoms with E-state index in [1.807, 2.05) is 0 Å². The smallest absolute Gasteiger partial charge is 0.313 e. The van der Waals surface area contributed by atoms with Gasteiger partial charge in [0.1, 0.15) is 0 Å². The predicted molar refractivity (Wildman–Crippen MR) is 113 cm³/mol. The van der Waals surface area contributed by atoms with E-state index in [9.17, 15) is 14.4 Å². The number of nitrogens with one attached hydrogen (secondary N) is 1. The quantitative estimate of drug-likeness (QED) is 0.764. The topological polar surface area (TPSA) is 105 Å². The van der Waals surface area contributed by atoms with E-state index in [2.05, 4.69) is 35.4 Å². The number of rotatable bonds is 3. The van der Waals surface area contributed by atoms with Crippen molar-refractivity contribution in [1.29, 1.82) is 0 Å². The van der Waals surface area contributed by atoms with Crippen LogP contribution in [0.15, 0.2) is 36.7 Å². The number of hydrogen-bond acceptors (Lipinski definition) is 4. The molecule has 7 nitrogen and oxygen atoms in total. The molecular weight excluding hydrogens is 380 g/mol. The lowest BCUT2D eigenvalue weighted by molar-refractivity contribution is -0.146. The van der Waals surface area contributed by atoms with E-state index >= 15 is 0 Å². The summed E-state index contributed by atoms with van der Waals surface area (Å²) in [4.78, 5) is 42.7. The number of aromatic nitrogens is 1. The molecule has 2 aromatic rings. The number of carbonyl (C=O) groups excluding carboxylic acids is 3. The summed E-state index contributed by atoms with van der Waals surface area (Å²) in [6, 6.07) is 7.78. The minimum absolute atomic E-state index is 0.111. The molecule has 4 rings (SSSR count). The van der Waals surface area contributed by atoms with Crippen LogP contribution in [-0.2, 0) is 22.4 Å². The summed E-state index contributed by atoms with van der Waals surface area (Å²) in [7, 11) is 0. The van der Waals surface area contributed by atoms with Crippen LogP contribution >= 0.6 is 0 Å². The Bertz CT molecular complexity index is 1000. The highest BCUT2D eigenvalue weighted by atomic mass is 16.2. The summed E-state index contributed by atoms with van der Waals surface area (Å²) in [5, 5.41) is 2.56. The normalized spacial score (nSPS) is 20.5. The van der Waals surface area contributed by atoms with Crippen LogP contribution in [0.1, 0.15) is 59.3 Å². The number of primary amides is 1. The number of benzene rings is 1. The Kier molecular flexibility index (Phi) is 5.53. The maximum atomic E-state index is 13.1. The van der Waals surface area contributed by atoms with Crippen LogP contribution in [-0.4, -0.2) is 34.2 Å². The lowest BCUT2D eigenvalue weighted by Gasteiger charge is -2.38. The van der Waals surface area contributed by atoms with Crippen LogP contribution in [0.2, 0.25) is 0 Å². The van der Waals surface area contributed by atoms with Gasteiger partial charge in [-0.1, -0.05) is 25.1 Å². The Balaban J connectivity index is 1.54. The average molecular weight is 406 g/mol. The number of fused-ring (bicyclic) bond motifs is 1. The largest absolute Gasteiger partial charge is 0.366 e. The molecule has 156 valence electrons. The molecule has 1 aliphatic heterocycles. The third-order valence-corrected chi connectivity index (χ3v) is 6.06. The van der Waals surface area contributed by atoms with Gasteiger partial charge in [0.05, 0.1) is 23.5 Å². The first kappa shape index (κ1) is 20.1. The molecule has 0 radical (unpaired) electrons. The molecule has 0 spiro atoms. The second-order valence-corrected chi connectivity index (χ2v) is 8.32. The highest BCUT2D eigenvalue weighted by molar-refractivity contribution is 6.39. The van der Waals surface area contributed by atoms with Gasteiger partial charge in [0.2, 0.25) is 5.91 Å². The van der Waals surface area contributed by atoms with Crippen LogP contribution in [0.25, 0.3) is 0 Å². The third-order valence-electron chi connectivity index (χ3n) is 6.06. The number of piperidine rings is 1. The zero-order chi connectivity index (χ0) is 21.3. The van der Waals surface area contributed by atoms with E-state index in [-0.39, 0.29) is 17.3 Å². The number of nitrogens with zero attached hydrogens (tertiary/aromatic N) is 2. The molecule has 2 heterocycles. The zero-order valence-corrected chi connectivity index (χ0v) is 17.1. The fraction of sp³-hybridized carbons (Fsp3) is 0.391. The summed E-state index contributed by atoms with van der Waals surface area (Å²) in [5.41, 5.74) is 9.54. The molecule has 3 amide bonds. The molecule has 2 aliphatic rings. The molecule has 1 fully saturated rings. The van der Waals surface area contributed by atoms with Crippen molar-refractivity contribution < 1.29 is 14.4 Å². The van der Waals surface area contributed by atoms with Gasteiger partial charge in [-0.2, -0.15) is 0 Å². The Hall–Kier alpha value is -3.22. The number of carbonyl (C=O) groups is 3. The minimum atomic E-state index is -0.737. The number of likely N-dealkylation sites (tertiary alicyclic amines) is 1. The van der Waals surface area contributed by atoms with Gasteiger partial charge in [0, 0.05) is 12.7 Å². The second-order valence-electron chi connectivity index (χ2n) is 8.32. The predicted octanol–water partition coefficient (Wildman–Crippen LogP) is 2.61. The number of anilines is 1. The molecular formula is C23H26N4O3. The van der Waals surface area contributed by atoms with Gasteiger partial charge in [-0.05, 0) is 60.8 Å². The molecule has 1 saturated heterocycles. The highest BCUT2D eigenvalue weighted by Crippen LogP contribution is 2.35. The molecule has 2 atom stereocenters. The summed E-state index contributed by atoms with van der Waals surface area (Å²) in [5.74, 6) is -1.63. The Morgan fingerprint density at radius 3 is 2.70 bits per heavy atom. The van der Waals surface area contributed by atoms with Crippen LogP contribution in [0, 0.1) is 5.92 Å². The van der Waals surface area contributed by atoms with Gasteiger partial charge in [0.15, 0.2) is 0 Å². The second kappa shape index (κ2) is 8.26. The lowest BCUT2D eigenvalue weighted by atomic mass is 9.88. The summed E-state index contributed by atoms with van der Waals surface area (Å²) in [6.07, 6.45) is 7.90. The number of pyridine rings is 1. The highest BCUT2D eigenvalue weighted by Gasteiger charge is 2.34. The number of hydrogen-bond donors (Lipinski definition) is 2. The SMILES string of the molecule is C[C@@H]1CC[C@@H](c2ccc3c(c2)CCC3)N(C(=O)C(=O)Nc2cncc(C(N)=O)c2)C1. The van der Waals surface area contributed by atoms with E-state index in [4.69, 9.17) is 5.73 Å². The molecule has 0 bridgehead atoms. The monoisotopic (exact) mass is 406 g/mol. The van der Waals surface area contributed by atoms with E-state index in [1.54, 1.807) is 4.90 Å². The van der Waals surface area contributed by atoms with Gasteiger partial charge in [0.25, 0.3) is 0 Å². The zero-order valence-electron chi connectivity index (χ0n) is 17.1. The van der Waals surface area contributed by atoms with Crippen molar-refractivity contribution in [2.75, 3.05) is 11.9 Å². The molecule has 7 heteroatoms. The molecule has 1 aromatic carbocycles.